The summed E-state index contributed by atoms with van der Waals surface area (Å²) in [5.41, 5.74) is 2.06. The molecule has 3 heterocycles. The summed E-state index contributed by atoms with van der Waals surface area (Å²) < 4.78 is 34.5. The topological polar surface area (TPSA) is 97.6 Å². The maximum Gasteiger partial charge on any atom is 0.253 e. The molecule has 1 aromatic heterocycles. The van der Waals surface area contributed by atoms with Crippen molar-refractivity contribution in [2.45, 2.75) is 31.6 Å². The van der Waals surface area contributed by atoms with Gasteiger partial charge in [0.15, 0.2) is 0 Å². The summed E-state index contributed by atoms with van der Waals surface area (Å²) in [6.45, 7) is 5.09. The summed E-state index contributed by atoms with van der Waals surface area (Å²) in [5.74, 6) is -0.158. The first kappa shape index (κ1) is 19.3. The standard InChI is InChI=1S/C18H25N5O4S/c1-2-23-17-6-5-14(12-16(17)19-20-23)18(24)21-7-3-4-15(13-21)28(25,26)22-8-10-27-11-9-22/h5-6,12,15H,2-4,7-11,13H2,1H3. The van der Waals surface area contributed by atoms with Gasteiger partial charge >= 0.3 is 0 Å². The number of amides is 1. The van der Waals surface area contributed by atoms with E-state index in [4.69, 9.17) is 4.74 Å². The third-order valence-corrected chi connectivity index (χ3v) is 7.79. The van der Waals surface area contributed by atoms with Gasteiger partial charge < -0.3 is 9.64 Å². The van der Waals surface area contributed by atoms with Crippen LogP contribution in [0.4, 0.5) is 0 Å². The number of likely N-dealkylation sites (tertiary alicyclic amines) is 1. The number of carbonyl (C=O) groups is 1. The van der Waals surface area contributed by atoms with E-state index in [0.717, 1.165) is 5.52 Å². The van der Waals surface area contributed by atoms with E-state index in [1.807, 2.05) is 13.0 Å². The van der Waals surface area contributed by atoms with Crippen molar-refractivity contribution in [1.82, 2.24) is 24.2 Å². The van der Waals surface area contributed by atoms with Gasteiger partial charge in [0.05, 0.1) is 24.0 Å². The molecule has 2 aliphatic heterocycles. The van der Waals surface area contributed by atoms with E-state index in [1.54, 1.807) is 21.7 Å². The molecule has 0 N–H and O–H groups in total. The number of sulfonamides is 1. The van der Waals surface area contributed by atoms with Crippen molar-refractivity contribution in [3.8, 4) is 0 Å². The van der Waals surface area contributed by atoms with Gasteiger partial charge in [-0.25, -0.2) is 13.1 Å². The minimum atomic E-state index is -3.43. The molecular weight excluding hydrogens is 382 g/mol. The summed E-state index contributed by atoms with van der Waals surface area (Å²) in [6, 6.07) is 5.34. The Bertz CT molecular complexity index is 968. The van der Waals surface area contributed by atoms with Crippen LogP contribution >= 0.6 is 0 Å². The normalized spacial score (nSPS) is 21.9. The minimum Gasteiger partial charge on any atom is -0.379 e. The molecule has 1 atom stereocenters. The molecule has 0 spiro atoms. The average Bonchev–Trinajstić information content (AvgIpc) is 3.16. The molecule has 152 valence electrons. The second kappa shape index (κ2) is 7.76. The van der Waals surface area contributed by atoms with Crippen LogP contribution in [-0.2, 0) is 21.3 Å². The predicted molar refractivity (Wildman–Crippen MR) is 103 cm³/mol. The van der Waals surface area contributed by atoms with Crippen LogP contribution in [0.25, 0.3) is 11.0 Å². The van der Waals surface area contributed by atoms with E-state index in [0.29, 0.717) is 63.3 Å². The molecule has 1 unspecified atom stereocenters. The maximum absolute atomic E-state index is 13.0. The summed E-state index contributed by atoms with van der Waals surface area (Å²) in [6.07, 6.45) is 1.25. The third-order valence-electron chi connectivity index (χ3n) is 5.48. The van der Waals surface area contributed by atoms with E-state index in [9.17, 15) is 13.2 Å². The monoisotopic (exact) mass is 407 g/mol. The lowest BCUT2D eigenvalue weighted by Crippen LogP contribution is -2.51. The van der Waals surface area contributed by atoms with Crippen molar-refractivity contribution in [2.24, 2.45) is 0 Å². The molecule has 2 aromatic rings. The quantitative estimate of drug-likeness (QED) is 0.741. The van der Waals surface area contributed by atoms with Gasteiger partial charge in [-0.1, -0.05) is 5.21 Å². The molecule has 9 nitrogen and oxygen atoms in total. The Morgan fingerprint density at radius 1 is 1.25 bits per heavy atom. The van der Waals surface area contributed by atoms with Crippen LogP contribution in [0, 0.1) is 0 Å². The van der Waals surface area contributed by atoms with Gasteiger partial charge in [-0.15, -0.1) is 5.10 Å². The van der Waals surface area contributed by atoms with Crippen molar-refractivity contribution in [3.05, 3.63) is 23.8 Å². The number of ether oxygens (including phenoxy) is 1. The Labute approximate surface area is 164 Å². The van der Waals surface area contributed by atoms with Crippen molar-refractivity contribution in [1.29, 1.82) is 0 Å². The molecule has 28 heavy (non-hydrogen) atoms. The molecule has 0 radical (unpaired) electrons. The van der Waals surface area contributed by atoms with Crippen molar-refractivity contribution >= 4 is 27.0 Å². The van der Waals surface area contributed by atoms with Crippen LogP contribution < -0.4 is 0 Å². The molecule has 0 saturated carbocycles. The van der Waals surface area contributed by atoms with E-state index in [1.165, 1.54) is 4.31 Å². The third kappa shape index (κ3) is 3.51. The van der Waals surface area contributed by atoms with Crippen LogP contribution in [0.3, 0.4) is 0 Å². The molecule has 2 saturated heterocycles. The lowest BCUT2D eigenvalue weighted by atomic mass is 10.1. The average molecular weight is 407 g/mol. The number of nitrogens with zero attached hydrogens (tertiary/aromatic N) is 5. The molecular formula is C18H25N5O4S. The first-order valence-corrected chi connectivity index (χ1v) is 11.2. The number of hydrogen-bond acceptors (Lipinski definition) is 6. The van der Waals surface area contributed by atoms with Gasteiger partial charge in [-0.2, -0.15) is 4.31 Å². The highest BCUT2D eigenvalue weighted by Gasteiger charge is 2.37. The minimum absolute atomic E-state index is 0.158. The second-order valence-corrected chi connectivity index (χ2v) is 9.39. The largest absolute Gasteiger partial charge is 0.379 e. The number of piperidine rings is 1. The SMILES string of the molecule is CCn1nnc2cc(C(=O)N3CCCC(S(=O)(=O)N4CCOCC4)C3)ccc21. The molecule has 0 aliphatic carbocycles. The first-order chi connectivity index (χ1) is 13.5. The Morgan fingerprint density at radius 2 is 2.04 bits per heavy atom. The number of carbonyl (C=O) groups excluding carboxylic acids is 1. The van der Waals surface area contributed by atoms with Crippen LogP contribution in [0.1, 0.15) is 30.1 Å². The number of hydrogen-bond donors (Lipinski definition) is 0. The van der Waals surface area contributed by atoms with Gasteiger partial charge in [-0.3, -0.25) is 4.79 Å². The number of aryl methyl sites for hydroxylation is 1. The number of rotatable bonds is 4. The predicted octanol–water partition coefficient (Wildman–Crippen LogP) is 0.718. The van der Waals surface area contributed by atoms with E-state index >= 15 is 0 Å². The highest BCUT2D eigenvalue weighted by Crippen LogP contribution is 2.23. The zero-order chi connectivity index (χ0) is 19.7. The molecule has 2 aliphatic rings. The Kier molecular flexibility index (Phi) is 5.35. The Hall–Kier alpha value is -2.04. The summed E-state index contributed by atoms with van der Waals surface area (Å²) in [5, 5.41) is 7.63. The molecule has 2 fully saturated rings. The van der Waals surface area contributed by atoms with Crippen molar-refractivity contribution < 1.29 is 17.9 Å². The molecule has 10 heteroatoms. The van der Waals surface area contributed by atoms with Crippen LogP contribution in [0.2, 0.25) is 0 Å². The highest BCUT2D eigenvalue weighted by molar-refractivity contribution is 7.89. The number of benzene rings is 1. The Morgan fingerprint density at radius 3 is 2.79 bits per heavy atom. The van der Waals surface area contributed by atoms with Gasteiger partial charge in [0.25, 0.3) is 5.91 Å². The van der Waals surface area contributed by atoms with Crippen LogP contribution in [0.5, 0.6) is 0 Å². The van der Waals surface area contributed by atoms with Crippen LogP contribution in [-0.4, -0.2) is 83.2 Å². The van der Waals surface area contributed by atoms with Crippen LogP contribution in [0.15, 0.2) is 18.2 Å². The smallest absolute Gasteiger partial charge is 0.253 e. The van der Waals surface area contributed by atoms with Gasteiger partial charge in [0, 0.05) is 38.3 Å². The zero-order valence-electron chi connectivity index (χ0n) is 16.0. The highest BCUT2D eigenvalue weighted by atomic mass is 32.2. The van der Waals surface area contributed by atoms with E-state index in [2.05, 4.69) is 10.3 Å². The number of morpholine rings is 1. The molecule has 4 rings (SSSR count). The summed E-state index contributed by atoms with van der Waals surface area (Å²) in [7, 11) is -3.43. The van der Waals surface area contributed by atoms with Gasteiger partial charge in [0.1, 0.15) is 5.52 Å². The number of fused-ring (bicyclic) bond motifs is 1. The molecule has 1 amide bonds. The van der Waals surface area contributed by atoms with Crippen molar-refractivity contribution in [3.63, 3.8) is 0 Å². The van der Waals surface area contributed by atoms with Gasteiger partial charge in [-0.05, 0) is 38.0 Å². The fourth-order valence-electron chi connectivity index (χ4n) is 3.90. The van der Waals surface area contributed by atoms with Gasteiger partial charge in [0.2, 0.25) is 10.0 Å². The summed E-state index contributed by atoms with van der Waals surface area (Å²) in [4.78, 5) is 14.7. The fourth-order valence-corrected chi connectivity index (χ4v) is 5.81. The lowest BCUT2D eigenvalue weighted by molar-refractivity contribution is 0.0686. The zero-order valence-corrected chi connectivity index (χ0v) is 16.8. The second-order valence-electron chi connectivity index (χ2n) is 7.18. The molecule has 1 aromatic carbocycles. The van der Waals surface area contributed by atoms with Crippen molar-refractivity contribution in [2.75, 3.05) is 39.4 Å². The fraction of sp³-hybridized carbons (Fsp3) is 0.611. The summed E-state index contributed by atoms with van der Waals surface area (Å²) >= 11 is 0. The lowest BCUT2D eigenvalue weighted by Gasteiger charge is -2.36. The Balaban J connectivity index is 1.51. The van der Waals surface area contributed by atoms with E-state index < -0.39 is 15.3 Å². The van der Waals surface area contributed by atoms with E-state index in [-0.39, 0.29) is 12.5 Å². The number of aromatic nitrogens is 3. The molecule has 0 bridgehead atoms. The first-order valence-electron chi connectivity index (χ1n) is 9.70. The maximum atomic E-state index is 13.0.